The molecule has 2 amide bonds. The summed E-state index contributed by atoms with van der Waals surface area (Å²) < 4.78 is 5.66. The highest BCUT2D eigenvalue weighted by Gasteiger charge is 2.07. The van der Waals surface area contributed by atoms with Crippen LogP contribution in [0.4, 0.5) is 11.5 Å². The van der Waals surface area contributed by atoms with Gasteiger partial charge in [0, 0.05) is 18.7 Å². The third kappa shape index (κ3) is 5.38. The van der Waals surface area contributed by atoms with Crippen molar-refractivity contribution in [2.24, 2.45) is 0 Å². The van der Waals surface area contributed by atoms with Crippen LogP contribution in [0.1, 0.15) is 18.1 Å². The first-order valence-corrected chi connectivity index (χ1v) is 8.71. The first-order chi connectivity index (χ1) is 13.5. The van der Waals surface area contributed by atoms with Crippen LogP contribution < -0.4 is 15.4 Å². The van der Waals surface area contributed by atoms with E-state index in [1.165, 1.54) is 19.3 Å². The van der Waals surface area contributed by atoms with Crippen LogP contribution in [-0.2, 0) is 16.0 Å². The van der Waals surface area contributed by atoms with Crippen molar-refractivity contribution < 1.29 is 14.3 Å². The van der Waals surface area contributed by atoms with E-state index in [4.69, 9.17) is 4.74 Å². The second-order valence-electron chi connectivity index (χ2n) is 6.20. The van der Waals surface area contributed by atoms with Crippen molar-refractivity contribution in [3.05, 3.63) is 72.1 Å². The molecule has 3 rings (SSSR count). The summed E-state index contributed by atoms with van der Waals surface area (Å²) in [5.74, 6) is 0.895. The molecule has 0 saturated carbocycles. The number of hydrogen-bond donors (Lipinski definition) is 2. The van der Waals surface area contributed by atoms with Crippen molar-refractivity contribution >= 4 is 23.3 Å². The minimum Gasteiger partial charge on any atom is -0.439 e. The third-order valence-corrected chi connectivity index (χ3v) is 3.92. The summed E-state index contributed by atoms with van der Waals surface area (Å²) in [6, 6.07) is 16.3. The highest BCUT2D eigenvalue weighted by atomic mass is 16.5. The summed E-state index contributed by atoms with van der Waals surface area (Å²) >= 11 is 0. The third-order valence-electron chi connectivity index (χ3n) is 3.92. The lowest BCUT2D eigenvalue weighted by molar-refractivity contribution is -0.116. The topological polar surface area (TPSA) is 93.2 Å². The molecule has 0 aliphatic rings. The van der Waals surface area contributed by atoms with Gasteiger partial charge in [-0.25, -0.2) is 9.97 Å². The van der Waals surface area contributed by atoms with Crippen molar-refractivity contribution in [3.8, 4) is 11.6 Å². The van der Waals surface area contributed by atoms with Gasteiger partial charge in [0.25, 0.3) is 0 Å². The van der Waals surface area contributed by atoms with Crippen LogP contribution >= 0.6 is 0 Å². The molecule has 28 heavy (non-hydrogen) atoms. The summed E-state index contributed by atoms with van der Waals surface area (Å²) in [4.78, 5) is 31.3. The van der Waals surface area contributed by atoms with Crippen LogP contribution in [-0.4, -0.2) is 21.8 Å². The van der Waals surface area contributed by atoms with Crippen LogP contribution in [0.5, 0.6) is 11.6 Å². The van der Waals surface area contributed by atoms with Crippen molar-refractivity contribution in [1.82, 2.24) is 9.97 Å². The zero-order chi connectivity index (χ0) is 19.9. The number of benzene rings is 2. The maximum Gasteiger partial charge on any atom is 0.228 e. The van der Waals surface area contributed by atoms with Crippen LogP contribution in [0, 0.1) is 6.92 Å². The average Bonchev–Trinajstić information content (AvgIpc) is 2.65. The summed E-state index contributed by atoms with van der Waals surface area (Å²) in [7, 11) is 0. The molecule has 0 bridgehead atoms. The lowest BCUT2D eigenvalue weighted by Gasteiger charge is -2.09. The largest absolute Gasteiger partial charge is 0.439 e. The Hall–Kier alpha value is -3.74. The van der Waals surface area contributed by atoms with Crippen LogP contribution in [0.15, 0.2) is 60.9 Å². The number of aryl methyl sites for hydroxylation is 1. The molecule has 0 aliphatic heterocycles. The number of carbonyl (C=O) groups is 2. The minimum absolute atomic E-state index is 0.0845. The van der Waals surface area contributed by atoms with Gasteiger partial charge >= 0.3 is 0 Å². The molecule has 0 spiro atoms. The second kappa shape index (κ2) is 8.77. The first kappa shape index (κ1) is 19.0. The highest BCUT2D eigenvalue weighted by Crippen LogP contribution is 2.22. The van der Waals surface area contributed by atoms with E-state index in [2.05, 4.69) is 20.6 Å². The van der Waals surface area contributed by atoms with Crippen LogP contribution in [0.25, 0.3) is 0 Å². The summed E-state index contributed by atoms with van der Waals surface area (Å²) in [5, 5.41) is 5.44. The fraction of sp³-hybridized carbons (Fsp3) is 0.143. The molecule has 2 aromatic carbocycles. The van der Waals surface area contributed by atoms with E-state index in [0.29, 0.717) is 29.6 Å². The smallest absolute Gasteiger partial charge is 0.228 e. The molecule has 1 aromatic heterocycles. The molecular weight excluding hydrogens is 356 g/mol. The Morgan fingerprint density at radius 2 is 1.75 bits per heavy atom. The summed E-state index contributed by atoms with van der Waals surface area (Å²) in [6.07, 6.45) is 1.62. The maximum atomic E-state index is 12.2. The molecule has 142 valence electrons. The summed E-state index contributed by atoms with van der Waals surface area (Å²) in [5.41, 5.74) is 2.76. The summed E-state index contributed by atoms with van der Waals surface area (Å²) in [6.45, 7) is 3.38. The van der Waals surface area contributed by atoms with Gasteiger partial charge in [-0.15, -0.1) is 0 Å². The Morgan fingerprint density at radius 3 is 2.46 bits per heavy atom. The zero-order valence-electron chi connectivity index (χ0n) is 15.6. The number of nitrogens with one attached hydrogen (secondary N) is 2. The lowest BCUT2D eigenvalue weighted by Crippen LogP contribution is -2.14. The SMILES string of the molecule is CC(=O)Nc1cc(Oc2ccc(NC(=O)Cc3ccccc3C)cc2)ncn1. The van der Waals surface area contributed by atoms with E-state index < -0.39 is 0 Å². The van der Waals surface area contributed by atoms with Gasteiger partial charge in [-0.05, 0) is 42.3 Å². The quantitative estimate of drug-likeness (QED) is 0.684. The van der Waals surface area contributed by atoms with Crippen molar-refractivity contribution in [1.29, 1.82) is 0 Å². The maximum absolute atomic E-state index is 12.2. The van der Waals surface area contributed by atoms with E-state index in [1.54, 1.807) is 24.3 Å². The average molecular weight is 376 g/mol. The Morgan fingerprint density at radius 1 is 1.00 bits per heavy atom. The number of anilines is 2. The number of aromatic nitrogens is 2. The number of nitrogens with zero attached hydrogens (tertiary/aromatic N) is 2. The fourth-order valence-electron chi connectivity index (χ4n) is 2.56. The van der Waals surface area contributed by atoms with E-state index in [-0.39, 0.29) is 11.8 Å². The predicted octanol–water partition coefficient (Wildman–Crippen LogP) is 3.72. The van der Waals surface area contributed by atoms with Gasteiger partial charge in [0.1, 0.15) is 17.9 Å². The molecule has 1 heterocycles. The Bertz CT molecular complexity index is 987. The number of ether oxygens (including phenoxy) is 1. The first-order valence-electron chi connectivity index (χ1n) is 8.71. The van der Waals surface area contributed by atoms with Gasteiger partial charge in [-0.1, -0.05) is 24.3 Å². The van der Waals surface area contributed by atoms with E-state index in [1.807, 2.05) is 31.2 Å². The molecule has 0 unspecified atom stereocenters. The van der Waals surface area contributed by atoms with E-state index >= 15 is 0 Å². The van der Waals surface area contributed by atoms with Crippen LogP contribution in [0.2, 0.25) is 0 Å². The lowest BCUT2D eigenvalue weighted by atomic mass is 10.1. The van der Waals surface area contributed by atoms with Gasteiger partial charge in [0.15, 0.2) is 0 Å². The number of rotatable bonds is 6. The standard InChI is InChI=1S/C21H20N4O3/c1-14-5-3-4-6-16(14)11-20(27)25-17-7-9-18(10-8-17)28-21-12-19(22-13-23-21)24-15(2)26/h3-10,12-13H,11H2,1-2H3,(H,25,27)(H,22,23,24,26). The van der Waals surface area contributed by atoms with Crippen molar-refractivity contribution in [2.45, 2.75) is 20.3 Å². The fourth-order valence-corrected chi connectivity index (χ4v) is 2.56. The van der Waals surface area contributed by atoms with Crippen LogP contribution in [0.3, 0.4) is 0 Å². The Balaban J connectivity index is 1.60. The molecule has 0 aliphatic carbocycles. The molecule has 7 heteroatoms. The highest BCUT2D eigenvalue weighted by molar-refractivity contribution is 5.92. The molecule has 0 radical (unpaired) electrons. The van der Waals surface area contributed by atoms with Crippen molar-refractivity contribution in [2.75, 3.05) is 10.6 Å². The van der Waals surface area contributed by atoms with Gasteiger partial charge in [-0.2, -0.15) is 0 Å². The molecule has 0 atom stereocenters. The van der Waals surface area contributed by atoms with E-state index in [0.717, 1.165) is 11.1 Å². The van der Waals surface area contributed by atoms with Gasteiger partial charge < -0.3 is 15.4 Å². The molecular formula is C21H20N4O3. The van der Waals surface area contributed by atoms with Crippen molar-refractivity contribution in [3.63, 3.8) is 0 Å². The number of amides is 2. The zero-order valence-corrected chi connectivity index (χ0v) is 15.6. The van der Waals surface area contributed by atoms with Gasteiger partial charge in [-0.3, -0.25) is 9.59 Å². The predicted molar refractivity (Wildman–Crippen MR) is 106 cm³/mol. The van der Waals surface area contributed by atoms with Gasteiger partial charge in [0.2, 0.25) is 17.7 Å². The van der Waals surface area contributed by atoms with E-state index in [9.17, 15) is 9.59 Å². The normalized spacial score (nSPS) is 10.2. The minimum atomic E-state index is -0.226. The number of carbonyl (C=O) groups excluding carboxylic acids is 2. The molecule has 2 N–H and O–H groups in total. The second-order valence-corrected chi connectivity index (χ2v) is 6.20. The molecule has 3 aromatic rings. The molecule has 0 fully saturated rings. The Labute approximate surface area is 162 Å². The Kier molecular flexibility index (Phi) is 5.96. The molecule has 7 nitrogen and oxygen atoms in total. The number of hydrogen-bond acceptors (Lipinski definition) is 5. The monoisotopic (exact) mass is 376 g/mol. The molecule has 0 saturated heterocycles. The van der Waals surface area contributed by atoms with Gasteiger partial charge in [0.05, 0.1) is 6.42 Å².